The average molecular weight is 276 g/mol. The van der Waals surface area contributed by atoms with Crippen LogP contribution in [0.5, 0.6) is 5.75 Å². The first-order chi connectivity index (χ1) is 9.74. The van der Waals surface area contributed by atoms with Gasteiger partial charge in [0.15, 0.2) is 0 Å². The van der Waals surface area contributed by atoms with Gasteiger partial charge >= 0.3 is 0 Å². The van der Waals surface area contributed by atoms with Gasteiger partial charge in [-0.2, -0.15) is 0 Å². The highest BCUT2D eigenvalue weighted by Gasteiger charge is 2.23. The molecule has 0 saturated carbocycles. The van der Waals surface area contributed by atoms with Crippen molar-refractivity contribution in [3.63, 3.8) is 0 Å². The maximum Gasteiger partial charge on any atom is 0.253 e. The molecule has 0 aromatic heterocycles. The molecule has 1 atom stereocenters. The predicted molar refractivity (Wildman–Crippen MR) is 80.2 cm³/mol. The molecule has 1 fully saturated rings. The molecule has 4 heteroatoms. The second-order valence-electron chi connectivity index (χ2n) is 5.11. The maximum atomic E-state index is 12.5. The van der Waals surface area contributed by atoms with Crippen LogP contribution in [0.4, 0.5) is 0 Å². The van der Waals surface area contributed by atoms with Crippen molar-refractivity contribution in [2.24, 2.45) is 0 Å². The Morgan fingerprint density at radius 1 is 1.35 bits per heavy atom. The molecule has 1 aliphatic heterocycles. The van der Waals surface area contributed by atoms with Crippen LogP contribution in [0.3, 0.4) is 0 Å². The molecule has 1 amide bonds. The summed E-state index contributed by atoms with van der Waals surface area (Å²) in [6, 6.07) is 7.86. The Morgan fingerprint density at radius 3 is 2.75 bits per heavy atom. The second kappa shape index (κ2) is 7.29. The fraction of sp³-hybridized carbons (Fsp3) is 0.562. The fourth-order valence-corrected chi connectivity index (χ4v) is 2.66. The molecular weight excluding hydrogens is 252 g/mol. The van der Waals surface area contributed by atoms with Crippen molar-refractivity contribution in [1.82, 2.24) is 10.2 Å². The Morgan fingerprint density at radius 2 is 2.10 bits per heavy atom. The Labute approximate surface area is 121 Å². The van der Waals surface area contributed by atoms with Gasteiger partial charge in [-0.1, -0.05) is 6.92 Å². The highest BCUT2D eigenvalue weighted by atomic mass is 16.5. The van der Waals surface area contributed by atoms with E-state index in [4.69, 9.17) is 4.74 Å². The monoisotopic (exact) mass is 276 g/mol. The quantitative estimate of drug-likeness (QED) is 0.897. The predicted octanol–water partition coefficient (Wildman–Crippen LogP) is 2.30. The lowest BCUT2D eigenvalue weighted by molar-refractivity contribution is 0.0695. The first-order valence-corrected chi connectivity index (χ1v) is 7.50. The number of carbonyl (C=O) groups is 1. The Kier molecular flexibility index (Phi) is 5.41. The Hall–Kier alpha value is -1.55. The number of piperidine rings is 1. The van der Waals surface area contributed by atoms with Crippen LogP contribution in [-0.2, 0) is 0 Å². The van der Waals surface area contributed by atoms with E-state index in [0.29, 0.717) is 12.6 Å². The molecule has 4 nitrogen and oxygen atoms in total. The van der Waals surface area contributed by atoms with Crippen LogP contribution in [-0.4, -0.2) is 43.1 Å². The summed E-state index contributed by atoms with van der Waals surface area (Å²) in [6.07, 6.45) is 2.22. The maximum absolute atomic E-state index is 12.5. The molecule has 20 heavy (non-hydrogen) atoms. The van der Waals surface area contributed by atoms with E-state index >= 15 is 0 Å². The number of rotatable bonds is 5. The third-order valence-electron chi connectivity index (χ3n) is 3.61. The van der Waals surface area contributed by atoms with Crippen molar-refractivity contribution in [3.8, 4) is 5.75 Å². The molecule has 1 unspecified atom stereocenters. The van der Waals surface area contributed by atoms with Crippen LogP contribution in [0, 0.1) is 0 Å². The molecule has 1 saturated heterocycles. The molecule has 1 heterocycles. The second-order valence-corrected chi connectivity index (χ2v) is 5.11. The zero-order chi connectivity index (χ0) is 14.4. The third kappa shape index (κ3) is 3.73. The van der Waals surface area contributed by atoms with Gasteiger partial charge in [0.2, 0.25) is 0 Å². The zero-order valence-electron chi connectivity index (χ0n) is 12.4. The van der Waals surface area contributed by atoms with Crippen LogP contribution < -0.4 is 10.1 Å². The van der Waals surface area contributed by atoms with Gasteiger partial charge in [-0.3, -0.25) is 4.79 Å². The number of likely N-dealkylation sites (tertiary alicyclic amines) is 1. The minimum atomic E-state index is 0.121. The van der Waals surface area contributed by atoms with Gasteiger partial charge < -0.3 is 15.0 Å². The van der Waals surface area contributed by atoms with Crippen molar-refractivity contribution in [2.45, 2.75) is 32.7 Å². The highest BCUT2D eigenvalue weighted by molar-refractivity contribution is 5.94. The number of benzene rings is 1. The molecule has 2 rings (SSSR count). The summed E-state index contributed by atoms with van der Waals surface area (Å²) in [5, 5.41) is 3.43. The van der Waals surface area contributed by atoms with Gasteiger partial charge in [0.05, 0.1) is 6.61 Å². The lowest BCUT2D eigenvalue weighted by Gasteiger charge is -2.33. The molecule has 1 aromatic rings. The Bertz CT molecular complexity index is 429. The first kappa shape index (κ1) is 14.9. The van der Waals surface area contributed by atoms with E-state index in [1.165, 1.54) is 0 Å². The van der Waals surface area contributed by atoms with Crippen LogP contribution in [0.25, 0.3) is 0 Å². The van der Waals surface area contributed by atoms with E-state index in [1.54, 1.807) is 0 Å². The molecule has 0 aliphatic carbocycles. The third-order valence-corrected chi connectivity index (χ3v) is 3.61. The average Bonchev–Trinajstić information content (AvgIpc) is 2.48. The SMILES string of the molecule is CCNC1CCCN(C(=O)c2ccc(OCC)cc2)C1. The largest absolute Gasteiger partial charge is 0.494 e. The van der Waals surface area contributed by atoms with E-state index < -0.39 is 0 Å². The van der Waals surface area contributed by atoms with Gasteiger partial charge in [0, 0.05) is 24.7 Å². The topological polar surface area (TPSA) is 41.6 Å². The van der Waals surface area contributed by atoms with Crippen molar-refractivity contribution in [3.05, 3.63) is 29.8 Å². The summed E-state index contributed by atoms with van der Waals surface area (Å²) in [6.45, 7) is 7.31. The molecule has 1 aliphatic rings. The highest BCUT2D eigenvalue weighted by Crippen LogP contribution is 2.17. The molecular formula is C16H24N2O2. The van der Waals surface area contributed by atoms with Gasteiger partial charge in [-0.15, -0.1) is 0 Å². The lowest BCUT2D eigenvalue weighted by atomic mass is 10.0. The zero-order valence-corrected chi connectivity index (χ0v) is 12.4. The van der Waals surface area contributed by atoms with Gasteiger partial charge in [-0.25, -0.2) is 0 Å². The van der Waals surface area contributed by atoms with Crippen LogP contribution in [0.2, 0.25) is 0 Å². The molecule has 1 aromatic carbocycles. The summed E-state index contributed by atoms with van der Waals surface area (Å²) in [4.78, 5) is 14.4. The van der Waals surface area contributed by atoms with Gasteiger partial charge in [-0.05, 0) is 50.6 Å². The molecule has 110 valence electrons. The summed E-state index contributed by atoms with van der Waals surface area (Å²) in [5.74, 6) is 0.934. The van der Waals surface area contributed by atoms with Crippen molar-refractivity contribution >= 4 is 5.91 Å². The van der Waals surface area contributed by atoms with Crippen LogP contribution >= 0.6 is 0 Å². The van der Waals surface area contributed by atoms with Crippen molar-refractivity contribution in [2.75, 3.05) is 26.2 Å². The van der Waals surface area contributed by atoms with E-state index in [2.05, 4.69) is 12.2 Å². The molecule has 0 radical (unpaired) electrons. The van der Waals surface area contributed by atoms with E-state index in [9.17, 15) is 4.79 Å². The summed E-state index contributed by atoms with van der Waals surface area (Å²) in [5.41, 5.74) is 0.741. The lowest BCUT2D eigenvalue weighted by Crippen LogP contribution is -2.47. The van der Waals surface area contributed by atoms with E-state index in [-0.39, 0.29) is 5.91 Å². The molecule has 0 bridgehead atoms. The number of ether oxygens (including phenoxy) is 1. The standard InChI is InChI=1S/C16H24N2O2/c1-3-17-14-6-5-11-18(12-14)16(19)13-7-9-15(10-8-13)20-4-2/h7-10,14,17H,3-6,11-12H2,1-2H3. The number of hydrogen-bond donors (Lipinski definition) is 1. The number of nitrogens with one attached hydrogen (secondary N) is 1. The number of carbonyl (C=O) groups excluding carboxylic acids is 1. The smallest absolute Gasteiger partial charge is 0.253 e. The van der Waals surface area contributed by atoms with Crippen molar-refractivity contribution < 1.29 is 9.53 Å². The summed E-state index contributed by atoms with van der Waals surface area (Å²) < 4.78 is 5.40. The minimum absolute atomic E-state index is 0.121. The number of amides is 1. The van der Waals surface area contributed by atoms with E-state index in [1.807, 2.05) is 36.1 Å². The number of nitrogens with zero attached hydrogens (tertiary/aromatic N) is 1. The van der Waals surface area contributed by atoms with Gasteiger partial charge in [0.25, 0.3) is 5.91 Å². The van der Waals surface area contributed by atoms with Crippen LogP contribution in [0.15, 0.2) is 24.3 Å². The minimum Gasteiger partial charge on any atom is -0.494 e. The van der Waals surface area contributed by atoms with Crippen LogP contribution in [0.1, 0.15) is 37.0 Å². The number of hydrogen-bond acceptors (Lipinski definition) is 3. The Balaban J connectivity index is 1.99. The molecule has 1 N–H and O–H groups in total. The fourth-order valence-electron chi connectivity index (χ4n) is 2.66. The molecule has 0 spiro atoms. The number of likely N-dealkylation sites (N-methyl/N-ethyl adjacent to an activating group) is 1. The first-order valence-electron chi connectivity index (χ1n) is 7.50. The van der Waals surface area contributed by atoms with E-state index in [0.717, 1.165) is 43.8 Å². The van der Waals surface area contributed by atoms with Crippen molar-refractivity contribution in [1.29, 1.82) is 0 Å². The summed E-state index contributed by atoms with van der Waals surface area (Å²) >= 11 is 0. The van der Waals surface area contributed by atoms with Gasteiger partial charge in [0.1, 0.15) is 5.75 Å². The normalized spacial score (nSPS) is 18.9. The summed E-state index contributed by atoms with van der Waals surface area (Å²) in [7, 11) is 0.